The predicted molar refractivity (Wildman–Crippen MR) is 113 cm³/mol. The minimum atomic E-state index is -0.663. The zero-order valence-electron chi connectivity index (χ0n) is 15.9. The van der Waals surface area contributed by atoms with E-state index in [1.165, 1.54) is 6.20 Å². The molecule has 1 aromatic heterocycles. The number of carbonyl (C=O) groups is 2. The van der Waals surface area contributed by atoms with Crippen molar-refractivity contribution in [2.24, 2.45) is 0 Å². The van der Waals surface area contributed by atoms with Crippen molar-refractivity contribution in [1.29, 1.82) is 0 Å². The number of pyridine rings is 1. The molecule has 0 aliphatic carbocycles. The Morgan fingerprint density at radius 3 is 2.70 bits per heavy atom. The molecule has 1 aliphatic rings. The van der Waals surface area contributed by atoms with Crippen molar-refractivity contribution in [3.05, 3.63) is 76.0 Å². The molecule has 3 atom stereocenters. The summed E-state index contributed by atoms with van der Waals surface area (Å²) in [6.07, 6.45) is 5.38. The van der Waals surface area contributed by atoms with E-state index in [1.807, 2.05) is 0 Å². The summed E-state index contributed by atoms with van der Waals surface area (Å²) in [4.78, 5) is 28.5. The third-order valence-electron chi connectivity index (χ3n) is 4.54. The second-order valence-electron chi connectivity index (χ2n) is 6.75. The van der Waals surface area contributed by atoms with Gasteiger partial charge in [0.15, 0.2) is 0 Å². The number of amides is 2. The fourth-order valence-corrected chi connectivity index (χ4v) is 3.29. The summed E-state index contributed by atoms with van der Waals surface area (Å²) < 4.78 is 5.78. The normalized spacial score (nSPS) is 20.6. The van der Waals surface area contributed by atoms with Crippen molar-refractivity contribution >= 4 is 35.0 Å². The Kier molecular flexibility index (Phi) is 7.81. The smallest absolute Gasteiger partial charge is 0.253 e. The first-order valence-electron chi connectivity index (χ1n) is 9.32. The van der Waals surface area contributed by atoms with E-state index in [4.69, 9.17) is 27.9 Å². The molecule has 3 N–H and O–H groups in total. The number of nitrogens with one attached hydrogen (secondary N) is 2. The summed E-state index contributed by atoms with van der Waals surface area (Å²) in [6.45, 7) is 0.00307. The van der Waals surface area contributed by atoms with Crippen LogP contribution in [0.4, 0.5) is 0 Å². The van der Waals surface area contributed by atoms with Crippen LogP contribution in [0, 0.1) is 0 Å². The lowest BCUT2D eigenvalue weighted by Gasteiger charge is -2.31. The number of hydrogen-bond acceptors (Lipinski definition) is 5. The van der Waals surface area contributed by atoms with Gasteiger partial charge in [-0.1, -0.05) is 41.4 Å². The van der Waals surface area contributed by atoms with Crippen LogP contribution in [-0.2, 0) is 16.1 Å². The molecule has 7 nitrogen and oxygen atoms in total. The summed E-state index contributed by atoms with van der Waals surface area (Å²) in [5, 5.41) is 16.1. The monoisotopic (exact) mass is 449 g/mol. The minimum absolute atomic E-state index is 0.0809. The number of ether oxygens (including phenoxy) is 1. The molecule has 0 saturated heterocycles. The van der Waals surface area contributed by atoms with Crippen LogP contribution >= 0.6 is 23.2 Å². The number of hydrogen-bond donors (Lipinski definition) is 3. The van der Waals surface area contributed by atoms with E-state index in [0.717, 1.165) is 5.56 Å². The summed E-state index contributed by atoms with van der Waals surface area (Å²) in [7, 11) is 0. The molecular weight excluding hydrogens is 429 g/mol. The van der Waals surface area contributed by atoms with Gasteiger partial charge in [-0.2, -0.15) is 0 Å². The fourth-order valence-electron chi connectivity index (χ4n) is 2.97. The maximum atomic E-state index is 12.3. The summed E-state index contributed by atoms with van der Waals surface area (Å²) in [6, 6.07) is 7.94. The molecule has 2 aromatic rings. The van der Waals surface area contributed by atoms with Crippen LogP contribution in [0.1, 0.15) is 22.3 Å². The SMILES string of the molecule is O=C(C[C@@H]1C=C[C@@H](NC(=O)c2cccnc2)[C@H](CO)O1)NCc1ccc(Cl)c(Cl)c1. The Morgan fingerprint density at radius 1 is 1.17 bits per heavy atom. The quantitative estimate of drug-likeness (QED) is 0.563. The molecular formula is C21H21Cl2N3O4. The third-order valence-corrected chi connectivity index (χ3v) is 5.28. The van der Waals surface area contributed by atoms with Crippen LogP contribution in [0.5, 0.6) is 0 Å². The van der Waals surface area contributed by atoms with Gasteiger partial charge >= 0.3 is 0 Å². The van der Waals surface area contributed by atoms with Gasteiger partial charge in [-0.05, 0) is 29.8 Å². The van der Waals surface area contributed by atoms with Crippen molar-refractivity contribution in [2.75, 3.05) is 6.61 Å². The highest BCUT2D eigenvalue weighted by atomic mass is 35.5. The summed E-state index contributed by atoms with van der Waals surface area (Å²) >= 11 is 11.9. The van der Waals surface area contributed by atoms with Crippen LogP contribution in [0.15, 0.2) is 54.9 Å². The lowest BCUT2D eigenvalue weighted by molar-refractivity contribution is -0.125. The highest BCUT2D eigenvalue weighted by molar-refractivity contribution is 6.42. The lowest BCUT2D eigenvalue weighted by atomic mass is 10.0. The number of aliphatic hydroxyl groups is 1. The molecule has 1 aliphatic heterocycles. The molecule has 30 heavy (non-hydrogen) atoms. The molecule has 0 saturated carbocycles. The first-order chi connectivity index (χ1) is 14.5. The highest BCUT2D eigenvalue weighted by Crippen LogP contribution is 2.22. The van der Waals surface area contributed by atoms with E-state index >= 15 is 0 Å². The molecule has 0 fully saturated rings. The van der Waals surface area contributed by atoms with Gasteiger partial charge < -0.3 is 20.5 Å². The highest BCUT2D eigenvalue weighted by Gasteiger charge is 2.29. The van der Waals surface area contributed by atoms with Gasteiger partial charge in [-0.3, -0.25) is 14.6 Å². The molecule has 9 heteroatoms. The number of rotatable bonds is 7. The Labute approximate surface area is 184 Å². The Balaban J connectivity index is 1.52. The maximum absolute atomic E-state index is 12.3. The van der Waals surface area contributed by atoms with E-state index < -0.39 is 18.2 Å². The Morgan fingerprint density at radius 2 is 2.00 bits per heavy atom. The van der Waals surface area contributed by atoms with Crippen molar-refractivity contribution in [1.82, 2.24) is 15.6 Å². The number of nitrogens with zero attached hydrogens (tertiary/aromatic N) is 1. The van der Waals surface area contributed by atoms with Gasteiger partial charge in [-0.25, -0.2) is 0 Å². The molecule has 0 radical (unpaired) electrons. The van der Waals surface area contributed by atoms with Crippen LogP contribution in [0.25, 0.3) is 0 Å². The number of halogens is 2. The molecule has 0 spiro atoms. The molecule has 0 bridgehead atoms. The number of carbonyl (C=O) groups excluding carboxylic acids is 2. The van der Waals surface area contributed by atoms with Crippen LogP contribution in [0.2, 0.25) is 10.0 Å². The van der Waals surface area contributed by atoms with Crippen molar-refractivity contribution in [3.63, 3.8) is 0 Å². The largest absolute Gasteiger partial charge is 0.394 e. The minimum Gasteiger partial charge on any atom is -0.394 e. The maximum Gasteiger partial charge on any atom is 0.253 e. The third kappa shape index (κ3) is 6.03. The first-order valence-corrected chi connectivity index (χ1v) is 10.1. The summed E-state index contributed by atoms with van der Waals surface area (Å²) in [5.74, 6) is -0.539. The zero-order valence-corrected chi connectivity index (χ0v) is 17.4. The fraction of sp³-hybridized carbons (Fsp3) is 0.286. The van der Waals surface area contributed by atoms with E-state index in [-0.39, 0.29) is 24.8 Å². The van der Waals surface area contributed by atoms with E-state index in [2.05, 4.69) is 15.6 Å². The summed E-state index contributed by atoms with van der Waals surface area (Å²) in [5.41, 5.74) is 1.23. The van der Waals surface area contributed by atoms with Gasteiger partial charge in [0.1, 0.15) is 6.10 Å². The van der Waals surface area contributed by atoms with Crippen molar-refractivity contribution in [3.8, 4) is 0 Å². The molecule has 2 heterocycles. The molecule has 158 valence electrons. The second kappa shape index (κ2) is 10.5. The average Bonchev–Trinajstić information content (AvgIpc) is 2.76. The number of aromatic nitrogens is 1. The Bertz CT molecular complexity index is 924. The van der Waals surface area contributed by atoms with Gasteiger partial charge in [0.05, 0.1) is 40.8 Å². The average molecular weight is 450 g/mol. The van der Waals surface area contributed by atoms with Gasteiger partial charge in [0.25, 0.3) is 5.91 Å². The standard InChI is InChI=1S/C21H21Cl2N3O4/c22-16-5-3-13(8-17(16)23)10-25-20(28)9-15-4-6-18(19(12-27)30-15)26-21(29)14-2-1-7-24-11-14/h1-8,11,15,18-19,27H,9-10,12H2,(H,25,28)(H,26,29)/t15-,18+,19-/m0/s1. The Hall–Kier alpha value is -2.45. The van der Waals surface area contributed by atoms with Crippen LogP contribution < -0.4 is 10.6 Å². The first kappa shape index (κ1) is 22.2. The van der Waals surface area contributed by atoms with Crippen molar-refractivity contribution in [2.45, 2.75) is 31.2 Å². The molecule has 1 aromatic carbocycles. The topological polar surface area (TPSA) is 101 Å². The van der Waals surface area contributed by atoms with Crippen LogP contribution in [-0.4, -0.2) is 46.8 Å². The second-order valence-corrected chi connectivity index (χ2v) is 7.57. The van der Waals surface area contributed by atoms with Gasteiger partial charge in [-0.15, -0.1) is 0 Å². The van der Waals surface area contributed by atoms with E-state index in [9.17, 15) is 14.7 Å². The lowest BCUT2D eigenvalue weighted by Crippen LogP contribution is -2.49. The number of benzene rings is 1. The molecule has 3 rings (SSSR count). The van der Waals surface area contributed by atoms with Crippen LogP contribution in [0.3, 0.4) is 0 Å². The molecule has 0 unspecified atom stereocenters. The van der Waals surface area contributed by atoms with Gasteiger partial charge in [0.2, 0.25) is 5.91 Å². The molecule has 2 amide bonds. The zero-order chi connectivity index (χ0) is 21.5. The predicted octanol–water partition coefficient (Wildman–Crippen LogP) is 2.51. The van der Waals surface area contributed by atoms with Gasteiger partial charge in [0, 0.05) is 18.9 Å². The van der Waals surface area contributed by atoms with Crippen molar-refractivity contribution < 1.29 is 19.4 Å². The van der Waals surface area contributed by atoms with E-state index in [0.29, 0.717) is 22.2 Å². The van der Waals surface area contributed by atoms with E-state index in [1.54, 1.807) is 48.7 Å². The number of aliphatic hydroxyl groups excluding tert-OH is 1.